The van der Waals surface area contributed by atoms with E-state index in [1.54, 1.807) is 14.0 Å². The number of methoxy groups -OCH3 is 1. The van der Waals surface area contributed by atoms with Crippen LogP contribution in [0, 0.1) is 0 Å². The molecule has 0 radical (unpaired) electrons. The number of imidazole rings is 1. The number of anilines is 1. The van der Waals surface area contributed by atoms with Gasteiger partial charge in [0.25, 0.3) is 0 Å². The molecular weight excluding hydrogens is 548 g/mol. The zero-order valence-electron chi connectivity index (χ0n) is 21.6. The number of benzene rings is 2. The van der Waals surface area contributed by atoms with Gasteiger partial charge in [0.1, 0.15) is 23.0 Å². The molecule has 0 saturated heterocycles. The third kappa shape index (κ3) is 8.26. The van der Waals surface area contributed by atoms with Crippen molar-refractivity contribution in [2.24, 2.45) is 0 Å². The van der Waals surface area contributed by atoms with E-state index in [1.165, 1.54) is 36.9 Å². The van der Waals surface area contributed by atoms with Crippen LogP contribution in [0.3, 0.4) is 0 Å². The minimum absolute atomic E-state index is 0.0840. The van der Waals surface area contributed by atoms with E-state index in [1.807, 2.05) is 28.8 Å². The van der Waals surface area contributed by atoms with E-state index in [-0.39, 0.29) is 22.8 Å². The number of aliphatic carboxylic acids is 1. The van der Waals surface area contributed by atoms with Crippen LogP contribution in [0.1, 0.15) is 20.3 Å². The Balaban J connectivity index is 1.94. The average molecular weight is 579 g/mol. The maximum atomic E-state index is 13.2. The lowest BCUT2D eigenvalue weighted by atomic mass is 10.2. The molecule has 2 aromatic carbocycles. The second-order valence-corrected chi connectivity index (χ2v) is 11.3. The summed E-state index contributed by atoms with van der Waals surface area (Å²) < 4.78 is 41.6. The molecule has 1 amide bonds. The predicted molar refractivity (Wildman–Crippen MR) is 146 cm³/mol. The van der Waals surface area contributed by atoms with Gasteiger partial charge in [-0.2, -0.15) is 0 Å². The first kappa shape index (κ1) is 30.1. The van der Waals surface area contributed by atoms with E-state index in [0.29, 0.717) is 24.6 Å². The number of carbonyl (C=O) groups excluding carboxylic acids is 2. The second kappa shape index (κ2) is 13.6. The van der Waals surface area contributed by atoms with Crippen LogP contribution >= 0.6 is 11.8 Å². The summed E-state index contributed by atoms with van der Waals surface area (Å²) in [6.07, 6.45) is -1.09. The normalized spacial score (nSPS) is 13.1. The van der Waals surface area contributed by atoms with Gasteiger partial charge >= 0.3 is 5.97 Å². The summed E-state index contributed by atoms with van der Waals surface area (Å²) in [5.74, 6) is -1.12. The molecule has 0 aliphatic carbocycles. The fraction of sp³-hybridized carbons (Fsp3) is 0.360. The Bertz CT molecular complexity index is 1440. The lowest BCUT2D eigenvalue weighted by Crippen LogP contribution is -2.37. The molecule has 0 aliphatic rings. The molecule has 39 heavy (non-hydrogen) atoms. The summed E-state index contributed by atoms with van der Waals surface area (Å²) in [4.78, 5) is 38.3. The van der Waals surface area contributed by atoms with E-state index in [0.717, 1.165) is 16.2 Å². The molecule has 2 unspecified atom stereocenters. The Morgan fingerprint density at radius 1 is 1.23 bits per heavy atom. The van der Waals surface area contributed by atoms with Crippen LogP contribution in [0.2, 0.25) is 0 Å². The molecule has 210 valence electrons. The van der Waals surface area contributed by atoms with Gasteiger partial charge in [0.2, 0.25) is 15.9 Å². The molecule has 0 aliphatic heterocycles. The zero-order valence-corrected chi connectivity index (χ0v) is 23.3. The highest BCUT2D eigenvalue weighted by Crippen LogP contribution is 2.30. The van der Waals surface area contributed by atoms with Crippen molar-refractivity contribution in [3.05, 3.63) is 42.5 Å². The number of aromatic nitrogens is 2. The fourth-order valence-electron chi connectivity index (χ4n) is 3.74. The molecule has 2 atom stereocenters. The summed E-state index contributed by atoms with van der Waals surface area (Å²) in [5, 5.41) is 12.3. The first-order chi connectivity index (χ1) is 18.5. The SMILES string of the molecule is COCCSc1nc2ccccc2n1CC(C)Oc1cc(NC(C)=O)ccc1S(=O)(=O)NC(C=O)CC(=O)O. The number of rotatable bonds is 15. The third-order valence-corrected chi connectivity index (χ3v) is 7.79. The summed E-state index contributed by atoms with van der Waals surface area (Å²) in [5.41, 5.74) is 1.96. The Morgan fingerprint density at radius 3 is 2.64 bits per heavy atom. The van der Waals surface area contributed by atoms with Crippen molar-refractivity contribution in [1.29, 1.82) is 0 Å². The van der Waals surface area contributed by atoms with Crippen LogP contribution < -0.4 is 14.8 Å². The monoisotopic (exact) mass is 578 g/mol. The van der Waals surface area contributed by atoms with Crippen LogP contribution in [-0.2, 0) is 35.7 Å². The van der Waals surface area contributed by atoms with Crippen molar-refractivity contribution in [2.75, 3.05) is 24.8 Å². The number of nitrogens with one attached hydrogen (secondary N) is 2. The molecule has 12 nitrogen and oxygen atoms in total. The predicted octanol–water partition coefficient (Wildman–Crippen LogP) is 2.52. The number of amides is 1. The maximum absolute atomic E-state index is 13.2. The molecule has 0 saturated carbocycles. The molecule has 3 rings (SSSR count). The van der Waals surface area contributed by atoms with Crippen molar-refractivity contribution >= 4 is 56.7 Å². The molecule has 0 spiro atoms. The van der Waals surface area contributed by atoms with E-state index >= 15 is 0 Å². The van der Waals surface area contributed by atoms with E-state index in [4.69, 9.17) is 19.6 Å². The highest BCUT2D eigenvalue weighted by atomic mass is 32.2. The van der Waals surface area contributed by atoms with Gasteiger partial charge in [-0.15, -0.1) is 0 Å². The number of carboxylic acid groups (broad SMARTS) is 1. The number of ether oxygens (including phenoxy) is 2. The van der Waals surface area contributed by atoms with E-state index in [2.05, 4.69) is 10.0 Å². The fourth-order valence-corrected chi connectivity index (χ4v) is 5.95. The van der Waals surface area contributed by atoms with Crippen molar-refractivity contribution in [1.82, 2.24) is 14.3 Å². The van der Waals surface area contributed by atoms with Gasteiger partial charge in [-0.1, -0.05) is 23.9 Å². The Morgan fingerprint density at radius 2 is 1.97 bits per heavy atom. The first-order valence-electron chi connectivity index (χ1n) is 11.9. The Kier molecular flexibility index (Phi) is 10.5. The number of carboxylic acids is 1. The zero-order chi connectivity index (χ0) is 28.6. The number of sulfonamides is 1. The topological polar surface area (TPSA) is 166 Å². The summed E-state index contributed by atoms with van der Waals surface area (Å²) in [6, 6.07) is 10.1. The Hall–Kier alpha value is -3.46. The third-order valence-electron chi connectivity index (χ3n) is 5.32. The van der Waals surface area contributed by atoms with Crippen LogP contribution in [0.15, 0.2) is 52.5 Å². The Labute approximate surface area is 230 Å². The van der Waals surface area contributed by atoms with Gasteiger partial charge in [-0.05, 0) is 31.2 Å². The van der Waals surface area contributed by atoms with Crippen LogP contribution in [0.5, 0.6) is 5.75 Å². The smallest absolute Gasteiger partial charge is 0.305 e. The molecule has 1 aromatic heterocycles. The van der Waals surface area contributed by atoms with Crippen molar-refractivity contribution in [2.45, 2.75) is 49.0 Å². The summed E-state index contributed by atoms with van der Waals surface area (Å²) in [7, 11) is -2.76. The number of carbonyl (C=O) groups is 3. The van der Waals surface area contributed by atoms with Crippen molar-refractivity contribution < 1.29 is 37.4 Å². The summed E-state index contributed by atoms with van der Waals surface area (Å²) >= 11 is 1.51. The lowest BCUT2D eigenvalue weighted by Gasteiger charge is -2.21. The number of para-hydroxylation sites is 2. The van der Waals surface area contributed by atoms with Gasteiger partial charge in [-0.25, -0.2) is 18.1 Å². The standard InChI is InChI=1S/C25H30N4O8S2/c1-16(14-29-21-7-5-4-6-20(21)27-25(29)38-11-10-36-3)37-22-12-18(26-17(2)31)8-9-23(22)39(34,35)28-19(15-30)13-24(32)33/h4-9,12,15-16,19,28H,10-11,13-14H2,1-3H3,(H,26,31)(H,32,33). The minimum Gasteiger partial charge on any atom is -0.487 e. The van der Waals surface area contributed by atoms with Crippen LogP contribution in [-0.4, -0.2) is 72.9 Å². The first-order valence-corrected chi connectivity index (χ1v) is 14.4. The van der Waals surface area contributed by atoms with Crippen molar-refractivity contribution in [3.63, 3.8) is 0 Å². The van der Waals surface area contributed by atoms with Gasteiger partial charge in [0.05, 0.1) is 36.6 Å². The van der Waals surface area contributed by atoms with Crippen LogP contribution in [0.4, 0.5) is 5.69 Å². The molecule has 0 fully saturated rings. The maximum Gasteiger partial charge on any atom is 0.305 e. The highest BCUT2D eigenvalue weighted by molar-refractivity contribution is 7.99. The highest BCUT2D eigenvalue weighted by Gasteiger charge is 2.26. The number of thioether (sulfide) groups is 1. The quantitative estimate of drug-likeness (QED) is 0.139. The number of hydrogen-bond donors (Lipinski definition) is 3. The second-order valence-electron chi connectivity index (χ2n) is 8.57. The number of hydrogen-bond acceptors (Lipinski definition) is 9. The molecular formula is C25H30N4O8S2. The van der Waals surface area contributed by atoms with Gasteiger partial charge in [0.15, 0.2) is 5.16 Å². The van der Waals surface area contributed by atoms with E-state index < -0.39 is 34.6 Å². The number of fused-ring (bicyclic) bond motifs is 1. The molecule has 1 heterocycles. The van der Waals surface area contributed by atoms with Gasteiger partial charge in [-0.3, -0.25) is 9.59 Å². The lowest BCUT2D eigenvalue weighted by molar-refractivity contribution is -0.138. The number of aldehydes is 1. The van der Waals surface area contributed by atoms with Crippen molar-refractivity contribution in [3.8, 4) is 5.75 Å². The van der Waals surface area contributed by atoms with E-state index in [9.17, 15) is 22.8 Å². The number of nitrogens with zero attached hydrogens (tertiary/aromatic N) is 2. The largest absolute Gasteiger partial charge is 0.487 e. The molecule has 3 N–H and O–H groups in total. The van der Waals surface area contributed by atoms with Gasteiger partial charge in [0, 0.05) is 31.5 Å². The average Bonchev–Trinajstić information content (AvgIpc) is 3.20. The summed E-state index contributed by atoms with van der Waals surface area (Å²) in [6.45, 7) is 3.91. The van der Waals surface area contributed by atoms with Gasteiger partial charge < -0.3 is 29.3 Å². The molecule has 14 heteroatoms. The minimum atomic E-state index is -4.38. The molecule has 3 aromatic rings. The molecule has 0 bridgehead atoms. The van der Waals surface area contributed by atoms with Crippen LogP contribution in [0.25, 0.3) is 11.0 Å².